The van der Waals surface area contributed by atoms with E-state index in [9.17, 15) is 0 Å². The molecule has 2 rings (SSSR count). The summed E-state index contributed by atoms with van der Waals surface area (Å²) in [6, 6.07) is 5.95. The maximum atomic E-state index is 6.16. The van der Waals surface area contributed by atoms with E-state index in [1.165, 1.54) is 25.7 Å². The van der Waals surface area contributed by atoms with Gasteiger partial charge in [0, 0.05) is 11.6 Å². The van der Waals surface area contributed by atoms with E-state index in [4.69, 9.17) is 22.1 Å². The Morgan fingerprint density at radius 2 is 2.06 bits per heavy atom. The smallest absolute Gasteiger partial charge is 0.0735 e. The second-order valence-electron chi connectivity index (χ2n) is 4.35. The molecular weight excluding hydrogens is 222 g/mol. The second-order valence-corrected chi connectivity index (χ2v) is 4.75. The summed E-state index contributed by atoms with van der Waals surface area (Å²) in [5, 5.41) is 0.765. The quantitative estimate of drug-likeness (QED) is 0.876. The number of ether oxygens (including phenoxy) is 1. The van der Waals surface area contributed by atoms with Crippen molar-refractivity contribution in [2.45, 2.75) is 44.9 Å². The first-order chi connectivity index (χ1) is 7.79. The van der Waals surface area contributed by atoms with Gasteiger partial charge in [0.05, 0.1) is 12.7 Å². The van der Waals surface area contributed by atoms with Crippen LogP contribution in [0.25, 0.3) is 0 Å². The van der Waals surface area contributed by atoms with Crippen molar-refractivity contribution in [1.29, 1.82) is 0 Å². The molecule has 16 heavy (non-hydrogen) atoms. The minimum atomic E-state index is 0.435. The SMILES string of the molecule is NCc1ccc(COC2CCCC2)c(Cl)c1. The maximum absolute atomic E-state index is 6.16. The highest BCUT2D eigenvalue weighted by molar-refractivity contribution is 6.31. The number of hydrogen-bond donors (Lipinski definition) is 1. The second kappa shape index (κ2) is 5.67. The molecule has 0 bridgehead atoms. The van der Waals surface area contributed by atoms with Crippen molar-refractivity contribution >= 4 is 11.6 Å². The Bertz CT molecular complexity index is 348. The van der Waals surface area contributed by atoms with Crippen LogP contribution in [0.1, 0.15) is 36.8 Å². The van der Waals surface area contributed by atoms with Crippen LogP contribution < -0.4 is 5.73 Å². The summed E-state index contributed by atoms with van der Waals surface area (Å²) in [6.07, 6.45) is 5.41. The molecule has 0 atom stereocenters. The largest absolute Gasteiger partial charge is 0.373 e. The zero-order chi connectivity index (χ0) is 11.4. The van der Waals surface area contributed by atoms with Crippen molar-refractivity contribution in [2.24, 2.45) is 5.73 Å². The molecule has 3 heteroatoms. The van der Waals surface area contributed by atoms with Gasteiger partial charge >= 0.3 is 0 Å². The lowest BCUT2D eigenvalue weighted by Gasteiger charge is -2.12. The summed E-state index contributed by atoms with van der Waals surface area (Å²) in [5.74, 6) is 0. The molecule has 88 valence electrons. The topological polar surface area (TPSA) is 35.2 Å². The van der Waals surface area contributed by atoms with Crippen molar-refractivity contribution in [3.8, 4) is 0 Å². The van der Waals surface area contributed by atoms with Gasteiger partial charge in [-0.05, 0) is 30.0 Å². The molecule has 2 N–H and O–H groups in total. The fourth-order valence-electron chi connectivity index (χ4n) is 2.10. The van der Waals surface area contributed by atoms with Gasteiger partial charge in [0.15, 0.2) is 0 Å². The van der Waals surface area contributed by atoms with Crippen LogP contribution in [0, 0.1) is 0 Å². The van der Waals surface area contributed by atoms with E-state index in [0.717, 1.165) is 16.1 Å². The number of halogens is 1. The van der Waals surface area contributed by atoms with Crippen molar-refractivity contribution in [3.05, 3.63) is 34.3 Å². The molecule has 1 aromatic carbocycles. The fraction of sp³-hybridized carbons (Fsp3) is 0.538. The van der Waals surface area contributed by atoms with Gasteiger partial charge in [-0.3, -0.25) is 0 Å². The summed E-state index contributed by atoms with van der Waals surface area (Å²) < 4.78 is 5.83. The number of nitrogens with two attached hydrogens (primary N) is 1. The highest BCUT2D eigenvalue weighted by Gasteiger charge is 2.15. The summed E-state index contributed by atoms with van der Waals surface area (Å²) in [4.78, 5) is 0. The maximum Gasteiger partial charge on any atom is 0.0735 e. The molecule has 0 radical (unpaired) electrons. The minimum Gasteiger partial charge on any atom is -0.373 e. The molecular formula is C13H18ClNO. The van der Waals surface area contributed by atoms with E-state index in [1.807, 2.05) is 18.2 Å². The first kappa shape index (κ1) is 11.9. The molecule has 1 saturated carbocycles. The van der Waals surface area contributed by atoms with Gasteiger partial charge < -0.3 is 10.5 Å². The molecule has 1 aliphatic rings. The van der Waals surface area contributed by atoms with Gasteiger partial charge in [-0.1, -0.05) is 36.6 Å². The number of benzene rings is 1. The van der Waals surface area contributed by atoms with E-state index in [0.29, 0.717) is 19.3 Å². The lowest BCUT2D eigenvalue weighted by molar-refractivity contribution is 0.0457. The van der Waals surface area contributed by atoms with Crippen molar-refractivity contribution in [2.75, 3.05) is 0 Å². The first-order valence-corrected chi connectivity index (χ1v) is 6.26. The van der Waals surface area contributed by atoms with Crippen LogP contribution >= 0.6 is 11.6 Å². The number of rotatable bonds is 4. The molecule has 1 aromatic rings. The predicted molar refractivity (Wildman–Crippen MR) is 66.4 cm³/mol. The molecule has 1 aliphatic carbocycles. The Kier molecular flexibility index (Phi) is 4.22. The molecule has 1 fully saturated rings. The predicted octanol–water partition coefficient (Wildman–Crippen LogP) is 3.26. The van der Waals surface area contributed by atoms with Crippen LogP contribution in [0.3, 0.4) is 0 Å². The van der Waals surface area contributed by atoms with Crippen molar-refractivity contribution in [1.82, 2.24) is 0 Å². The van der Waals surface area contributed by atoms with Crippen LogP contribution in [0.2, 0.25) is 5.02 Å². The first-order valence-electron chi connectivity index (χ1n) is 5.88. The van der Waals surface area contributed by atoms with Crippen LogP contribution in [0.15, 0.2) is 18.2 Å². The number of hydrogen-bond acceptors (Lipinski definition) is 2. The van der Waals surface area contributed by atoms with Gasteiger partial charge in [0.2, 0.25) is 0 Å². The van der Waals surface area contributed by atoms with Crippen molar-refractivity contribution < 1.29 is 4.74 Å². The third-order valence-corrected chi connectivity index (χ3v) is 3.48. The van der Waals surface area contributed by atoms with Gasteiger partial charge in [-0.25, -0.2) is 0 Å². The highest BCUT2D eigenvalue weighted by Crippen LogP contribution is 2.24. The van der Waals surface area contributed by atoms with Crippen LogP contribution in [-0.2, 0) is 17.9 Å². The average molecular weight is 240 g/mol. The van der Waals surface area contributed by atoms with Gasteiger partial charge in [0.25, 0.3) is 0 Å². The third kappa shape index (κ3) is 2.97. The molecule has 0 spiro atoms. The van der Waals surface area contributed by atoms with E-state index in [1.54, 1.807) is 0 Å². The summed E-state index contributed by atoms with van der Waals surface area (Å²) >= 11 is 6.16. The zero-order valence-electron chi connectivity index (χ0n) is 9.42. The average Bonchev–Trinajstić information content (AvgIpc) is 2.80. The molecule has 0 heterocycles. The van der Waals surface area contributed by atoms with Crippen LogP contribution in [-0.4, -0.2) is 6.10 Å². The van der Waals surface area contributed by atoms with E-state index < -0.39 is 0 Å². The minimum absolute atomic E-state index is 0.435. The standard InChI is InChI=1S/C13H18ClNO/c14-13-7-10(8-15)5-6-11(13)9-16-12-3-1-2-4-12/h5-7,12H,1-4,8-9,15H2. The normalized spacial score (nSPS) is 16.9. The van der Waals surface area contributed by atoms with E-state index >= 15 is 0 Å². The molecule has 0 amide bonds. The van der Waals surface area contributed by atoms with E-state index in [-0.39, 0.29) is 0 Å². The molecule has 0 aliphatic heterocycles. The van der Waals surface area contributed by atoms with Gasteiger partial charge in [-0.15, -0.1) is 0 Å². The lowest BCUT2D eigenvalue weighted by atomic mass is 10.1. The zero-order valence-corrected chi connectivity index (χ0v) is 10.2. The fourth-order valence-corrected chi connectivity index (χ4v) is 2.36. The Morgan fingerprint density at radius 1 is 1.31 bits per heavy atom. The van der Waals surface area contributed by atoms with Gasteiger partial charge in [-0.2, -0.15) is 0 Å². The summed E-state index contributed by atoms with van der Waals surface area (Å²) in [6.45, 7) is 1.15. The van der Waals surface area contributed by atoms with Crippen LogP contribution in [0.4, 0.5) is 0 Å². The molecule has 0 saturated heterocycles. The molecule has 2 nitrogen and oxygen atoms in total. The Hall–Kier alpha value is -0.570. The van der Waals surface area contributed by atoms with Gasteiger partial charge in [0.1, 0.15) is 0 Å². The summed E-state index contributed by atoms with van der Waals surface area (Å²) in [7, 11) is 0. The molecule has 0 unspecified atom stereocenters. The Morgan fingerprint density at radius 3 is 2.69 bits per heavy atom. The van der Waals surface area contributed by atoms with Crippen molar-refractivity contribution in [3.63, 3.8) is 0 Å². The third-order valence-electron chi connectivity index (χ3n) is 3.13. The van der Waals surface area contributed by atoms with E-state index in [2.05, 4.69) is 0 Å². The molecule has 0 aromatic heterocycles. The summed E-state index contributed by atoms with van der Waals surface area (Å²) in [5.41, 5.74) is 7.68. The monoisotopic (exact) mass is 239 g/mol. The Balaban J connectivity index is 1.93. The Labute approximate surface area is 102 Å². The van der Waals surface area contributed by atoms with Crippen LogP contribution in [0.5, 0.6) is 0 Å². The highest BCUT2D eigenvalue weighted by atomic mass is 35.5. The lowest BCUT2D eigenvalue weighted by Crippen LogP contribution is -2.07.